The fourth-order valence-corrected chi connectivity index (χ4v) is 11.7. The van der Waals surface area contributed by atoms with E-state index in [-0.39, 0.29) is 0 Å². The van der Waals surface area contributed by atoms with E-state index in [0.29, 0.717) is 0 Å². The van der Waals surface area contributed by atoms with Gasteiger partial charge in [-0.25, -0.2) is 0 Å². The number of para-hydroxylation sites is 4. The Morgan fingerprint density at radius 1 is 0.299 bits per heavy atom. The van der Waals surface area contributed by atoms with E-state index < -0.39 is 0 Å². The standard InChI is InChI=1S/C64H42N2S/c1-3-19-43(20-4-1)48-29-15-21-45-22-16-31-52(62(45)48)50-25-7-11-33-56(50)65(47-41-39-44(40-42-47)49-30-18-38-61-64(49)55-28-10-14-37-60(55)67-61)57-34-12-8-26-51(57)53-32-17-36-59-63(53)54-27-9-13-35-58(54)66(59)46-23-5-2-6-24-46/h1-42H. The Morgan fingerprint density at radius 2 is 0.791 bits per heavy atom. The number of anilines is 3. The van der Waals surface area contributed by atoms with Gasteiger partial charge in [0.25, 0.3) is 0 Å². The topological polar surface area (TPSA) is 8.17 Å². The van der Waals surface area contributed by atoms with Crippen LogP contribution in [0.15, 0.2) is 255 Å². The van der Waals surface area contributed by atoms with Crippen LogP contribution in [0.2, 0.25) is 0 Å². The molecule has 0 N–H and O–H groups in total. The minimum absolute atomic E-state index is 1.08. The lowest BCUT2D eigenvalue weighted by Gasteiger charge is -2.30. The molecule has 0 saturated carbocycles. The monoisotopic (exact) mass is 870 g/mol. The predicted octanol–water partition coefficient (Wildman–Crippen LogP) is 18.4. The molecule has 0 atom stereocenters. The molecule has 0 aliphatic heterocycles. The fraction of sp³-hybridized carbons (Fsp3) is 0. The van der Waals surface area contributed by atoms with Crippen LogP contribution in [0.4, 0.5) is 17.1 Å². The van der Waals surface area contributed by atoms with E-state index >= 15 is 0 Å². The maximum Gasteiger partial charge on any atom is 0.0547 e. The lowest BCUT2D eigenvalue weighted by molar-refractivity contribution is 1.18. The van der Waals surface area contributed by atoms with Gasteiger partial charge in [-0.3, -0.25) is 0 Å². The van der Waals surface area contributed by atoms with Crippen molar-refractivity contribution in [3.8, 4) is 50.2 Å². The van der Waals surface area contributed by atoms with Gasteiger partial charge in [0, 0.05) is 53.4 Å². The second-order valence-electron chi connectivity index (χ2n) is 17.2. The van der Waals surface area contributed by atoms with E-state index in [1.54, 1.807) is 0 Å². The highest BCUT2D eigenvalue weighted by Gasteiger charge is 2.24. The second-order valence-corrected chi connectivity index (χ2v) is 18.2. The van der Waals surface area contributed by atoms with Crippen LogP contribution in [0.5, 0.6) is 0 Å². The predicted molar refractivity (Wildman–Crippen MR) is 288 cm³/mol. The Kier molecular flexibility index (Phi) is 9.40. The highest BCUT2D eigenvalue weighted by molar-refractivity contribution is 7.25. The lowest BCUT2D eigenvalue weighted by Crippen LogP contribution is -2.12. The van der Waals surface area contributed by atoms with Crippen molar-refractivity contribution in [2.75, 3.05) is 4.90 Å². The van der Waals surface area contributed by atoms with Crippen LogP contribution in [0, 0.1) is 0 Å². The molecule has 0 radical (unpaired) electrons. The molecular formula is C64H42N2S. The van der Waals surface area contributed by atoms with E-state index in [9.17, 15) is 0 Å². The Hall–Kier alpha value is -8.50. The molecule has 13 rings (SSSR count). The molecule has 13 aromatic rings. The van der Waals surface area contributed by atoms with E-state index in [0.717, 1.165) is 33.9 Å². The normalized spacial score (nSPS) is 11.6. The van der Waals surface area contributed by atoms with Crippen molar-refractivity contribution in [3.05, 3.63) is 255 Å². The quantitative estimate of drug-likeness (QED) is 0.148. The fourth-order valence-electron chi connectivity index (χ4n) is 10.5. The van der Waals surface area contributed by atoms with Gasteiger partial charge in [0.1, 0.15) is 0 Å². The first kappa shape index (κ1) is 38.9. The highest BCUT2D eigenvalue weighted by Crippen LogP contribution is 2.49. The molecule has 3 heteroatoms. The van der Waals surface area contributed by atoms with Gasteiger partial charge in [0.15, 0.2) is 0 Å². The van der Waals surface area contributed by atoms with Gasteiger partial charge in [-0.1, -0.05) is 194 Å². The van der Waals surface area contributed by atoms with Crippen LogP contribution < -0.4 is 4.90 Å². The SMILES string of the molecule is c1ccc(-c2cccc3cccc(-c4ccccc4N(c4ccc(-c5cccc6sc7ccccc7c56)cc4)c4ccccc4-c4cccc5c4c4ccccc4n5-c4ccccc4)c23)cc1. The first-order valence-corrected chi connectivity index (χ1v) is 23.7. The molecule has 0 amide bonds. The molecule has 0 aliphatic rings. The van der Waals surface area contributed by atoms with Gasteiger partial charge in [-0.2, -0.15) is 0 Å². The number of hydrogen-bond donors (Lipinski definition) is 0. The summed E-state index contributed by atoms with van der Waals surface area (Å²) < 4.78 is 5.02. The number of hydrogen-bond acceptors (Lipinski definition) is 2. The Balaban J connectivity index is 1.06. The minimum atomic E-state index is 1.08. The zero-order valence-corrected chi connectivity index (χ0v) is 37.4. The van der Waals surface area contributed by atoms with Crippen molar-refractivity contribution in [1.29, 1.82) is 0 Å². The molecule has 0 unspecified atom stereocenters. The van der Waals surface area contributed by atoms with Crippen LogP contribution in [0.1, 0.15) is 0 Å². The summed E-state index contributed by atoms with van der Waals surface area (Å²) in [5, 5.41) is 7.53. The van der Waals surface area contributed by atoms with Crippen LogP contribution in [0.25, 0.3) is 103 Å². The molecule has 67 heavy (non-hydrogen) atoms. The second kappa shape index (κ2) is 16.2. The van der Waals surface area contributed by atoms with Gasteiger partial charge < -0.3 is 9.47 Å². The molecule has 2 heterocycles. The minimum Gasteiger partial charge on any atom is -0.309 e. The maximum atomic E-state index is 2.49. The number of rotatable bonds is 8. The van der Waals surface area contributed by atoms with Crippen molar-refractivity contribution in [2.24, 2.45) is 0 Å². The van der Waals surface area contributed by atoms with Gasteiger partial charge in [0.2, 0.25) is 0 Å². The van der Waals surface area contributed by atoms with Crippen molar-refractivity contribution in [1.82, 2.24) is 4.57 Å². The van der Waals surface area contributed by atoms with Crippen LogP contribution >= 0.6 is 11.3 Å². The van der Waals surface area contributed by atoms with Crippen LogP contribution in [-0.2, 0) is 0 Å². The number of benzene rings is 11. The molecule has 314 valence electrons. The Morgan fingerprint density at radius 3 is 1.52 bits per heavy atom. The van der Waals surface area contributed by atoms with E-state index in [2.05, 4.69) is 264 Å². The zero-order chi connectivity index (χ0) is 44.3. The van der Waals surface area contributed by atoms with E-state index in [1.165, 1.54) is 86.1 Å². The molecule has 0 fully saturated rings. The Bertz CT molecular complexity index is 3970. The third kappa shape index (κ3) is 6.47. The summed E-state index contributed by atoms with van der Waals surface area (Å²) in [5.74, 6) is 0. The lowest BCUT2D eigenvalue weighted by atomic mass is 9.90. The third-order valence-corrected chi connectivity index (χ3v) is 14.5. The largest absolute Gasteiger partial charge is 0.309 e. The van der Waals surface area contributed by atoms with Crippen molar-refractivity contribution >= 4 is 81.1 Å². The number of aromatic nitrogens is 1. The van der Waals surface area contributed by atoms with Crippen molar-refractivity contribution in [3.63, 3.8) is 0 Å². The molecule has 2 aromatic heterocycles. The van der Waals surface area contributed by atoms with Gasteiger partial charge >= 0.3 is 0 Å². The van der Waals surface area contributed by atoms with Crippen molar-refractivity contribution in [2.45, 2.75) is 0 Å². The van der Waals surface area contributed by atoms with Crippen LogP contribution in [0.3, 0.4) is 0 Å². The third-order valence-electron chi connectivity index (χ3n) is 13.4. The molecule has 0 aliphatic carbocycles. The summed E-state index contributed by atoms with van der Waals surface area (Å²) in [5.41, 5.74) is 16.3. The first-order chi connectivity index (χ1) is 33.3. The summed E-state index contributed by atoms with van der Waals surface area (Å²) in [4.78, 5) is 2.49. The molecule has 11 aromatic carbocycles. The average molecular weight is 871 g/mol. The molecule has 2 nitrogen and oxygen atoms in total. The molecule has 0 bridgehead atoms. The number of fused-ring (bicyclic) bond motifs is 7. The zero-order valence-electron chi connectivity index (χ0n) is 36.6. The molecular weight excluding hydrogens is 829 g/mol. The smallest absolute Gasteiger partial charge is 0.0547 e. The Labute approximate surface area is 393 Å². The maximum absolute atomic E-state index is 2.49. The molecule has 0 saturated heterocycles. The van der Waals surface area contributed by atoms with Crippen molar-refractivity contribution < 1.29 is 0 Å². The van der Waals surface area contributed by atoms with Crippen LogP contribution in [-0.4, -0.2) is 4.57 Å². The van der Waals surface area contributed by atoms with E-state index in [4.69, 9.17) is 0 Å². The van der Waals surface area contributed by atoms with Gasteiger partial charge in [-0.05, 0) is 105 Å². The number of nitrogens with zero attached hydrogens (tertiary/aromatic N) is 2. The summed E-state index contributed by atoms with van der Waals surface area (Å²) in [6, 6.07) is 93.3. The highest BCUT2D eigenvalue weighted by atomic mass is 32.1. The first-order valence-electron chi connectivity index (χ1n) is 22.9. The van der Waals surface area contributed by atoms with Gasteiger partial charge in [0.05, 0.1) is 22.4 Å². The number of thiophene rings is 1. The average Bonchev–Trinajstić information content (AvgIpc) is 3.96. The van der Waals surface area contributed by atoms with Gasteiger partial charge in [-0.15, -0.1) is 11.3 Å². The molecule has 0 spiro atoms. The summed E-state index contributed by atoms with van der Waals surface area (Å²) in [6.07, 6.45) is 0. The summed E-state index contributed by atoms with van der Waals surface area (Å²) in [7, 11) is 0. The summed E-state index contributed by atoms with van der Waals surface area (Å²) in [6.45, 7) is 0. The van der Waals surface area contributed by atoms with E-state index in [1.807, 2.05) is 11.3 Å². The summed E-state index contributed by atoms with van der Waals surface area (Å²) >= 11 is 1.86.